The van der Waals surface area contributed by atoms with Gasteiger partial charge in [-0.05, 0) is 42.3 Å². The fourth-order valence-corrected chi connectivity index (χ4v) is 5.71. The van der Waals surface area contributed by atoms with Crippen LogP contribution in [0.4, 0.5) is 5.69 Å². The molecule has 10 heteroatoms. The Bertz CT molecular complexity index is 1220. The molecule has 0 radical (unpaired) electrons. The van der Waals surface area contributed by atoms with Crippen LogP contribution in [-0.2, 0) is 21.3 Å². The average molecular weight is 475 g/mol. The standard InChI is InChI=1S/C22H22N2O6S2/c1-14-18(21(26)30-3)22(32(27,28)23-13-15-7-5-4-6-8-15)31-19(14)20(25)24-16-9-11-17(29-2)12-10-16/h4-12,23H,13H2,1-3H3,(H,24,25). The Kier molecular flexibility index (Phi) is 7.29. The molecule has 2 aromatic carbocycles. The summed E-state index contributed by atoms with van der Waals surface area (Å²) < 4.78 is 38.1. The number of esters is 1. The maximum atomic E-state index is 13.0. The summed E-state index contributed by atoms with van der Waals surface area (Å²) in [5.74, 6) is -0.740. The van der Waals surface area contributed by atoms with Gasteiger partial charge < -0.3 is 14.8 Å². The van der Waals surface area contributed by atoms with Gasteiger partial charge in [-0.3, -0.25) is 4.79 Å². The van der Waals surface area contributed by atoms with E-state index in [-0.39, 0.29) is 26.8 Å². The molecule has 0 saturated carbocycles. The minimum atomic E-state index is -4.09. The van der Waals surface area contributed by atoms with Gasteiger partial charge in [0.15, 0.2) is 4.21 Å². The highest BCUT2D eigenvalue weighted by Gasteiger charge is 2.32. The maximum Gasteiger partial charge on any atom is 0.340 e. The quantitative estimate of drug-likeness (QED) is 0.483. The van der Waals surface area contributed by atoms with Gasteiger partial charge >= 0.3 is 5.97 Å². The summed E-state index contributed by atoms with van der Waals surface area (Å²) in [6.07, 6.45) is 0. The molecule has 3 rings (SSSR count). The molecule has 0 spiro atoms. The van der Waals surface area contributed by atoms with Crippen molar-refractivity contribution in [3.8, 4) is 5.75 Å². The molecule has 1 amide bonds. The fraction of sp³-hybridized carbons (Fsp3) is 0.182. The van der Waals surface area contributed by atoms with Gasteiger partial charge in [-0.25, -0.2) is 17.9 Å². The number of carbonyl (C=O) groups is 2. The highest BCUT2D eigenvalue weighted by Crippen LogP contribution is 2.33. The SMILES string of the molecule is COC(=O)c1c(S(=O)(=O)NCc2ccccc2)sc(C(=O)Nc2ccc(OC)cc2)c1C. The van der Waals surface area contributed by atoms with Crippen LogP contribution in [-0.4, -0.2) is 34.5 Å². The molecule has 0 aliphatic heterocycles. The molecule has 0 fully saturated rings. The number of amides is 1. The first kappa shape index (κ1) is 23.5. The lowest BCUT2D eigenvalue weighted by molar-refractivity contribution is 0.0596. The van der Waals surface area contributed by atoms with Gasteiger partial charge in [-0.15, -0.1) is 11.3 Å². The predicted octanol–water partition coefficient (Wildman–Crippen LogP) is 3.58. The maximum absolute atomic E-state index is 13.0. The number of sulfonamides is 1. The summed E-state index contributed by atoms with van der Waals surface area (Å²) >= 11 is 0.719. The van der Waals surface area contributed by atoms with E-state index in [4.69, 9.17) is 9.47 Å². The number of benzene rings is 2. The van der Waals surface area contributed by atoms with E-state index < -0.39 is 21.9 Å². The van der Waals surface area contributed by atoms with Crippen molar-refractivity contribution < 1.29 is 27.5 Å². The van der Waals surface area contributed by atoms with E-state index in [2.05, 4.69) is 10.0 Å². The normalized spacial score (nSPS) is 11.1. The van der Waals surface area contributed by atoms with Gasteiger partial charge in [0, 0.05) is 12.2 Å². The topological polar surface area (TPSA) is 111 Å². The highest BCUT2D eigenvalue weighted by molar-refractivity contribution is 7.91. The van der Waals surface area contributed by atoms with Crippen LogP contribution < -0.4 is 14.8 Å². The molecule has 1 heterocycles. The van der Waals surface area contributed by atoms with Crippen molar-refractivity contribution in [2.75, 3.05) is 19.5 Å². The molecule has 0 bridgehead atoms. The first-order chi connectivity index (χ1) is 15.3. The number of thiophene rings is 1. The molecule has 3 aromatic rings. The summed E-state index contributed by atoms with van der Waals surface area (Å²) in [4.78, 5) is 25.4. The number of nitrogens with one attached hydrogen (secondary N) is 2. The zero-order valence-corrected chi connectivity index (χ0v) is 19.3. The second-order valence-electron chi connectivity index (χ2n) is 6.70. The van der Waals surface area contributed by atoms with E-state index in [9.17, 15) is 18.0 Å². The number of rotatable bonds is 8. The van der Waals surface area contributed by atoms with E-state index in [1.54, 1.807) is 48.5 Å². The van der Waals surface area contributed by atoms with Gasteiger partial charge in [0.05, 0.1) is 24.7 Å². The molecule has 168 valence electrons. The van der Waals surface area contributed by atoms with Crippen molar-refractivity contribution in [1.82, 2.24) is 4.72 Å². The Labute approximate surface area is 190 Å². The van der Waals surface area contributed by atoms with Crippen molar-refractivity contribution in [3.05, 3.63) is 76.2 Å². The number of carbonyl (C=O) groups excluding carboxylic acids is 2. The van der Waals surface area contributed by atoms with Crippen LogP contribution in [0.5, 0.6) is 5.75 Å². The molecule has 0 atom stereocenters. The zero-order chi connectivity index (χ0) is 23.3. The molecule has 8 nitrogen and oxygen atoms in total. The largest absolute Gasteiger partial charge is 0.497 e. The number of methoxy groups -OCH3 is 2. The first-order valence-corrected chi connectivity index (χ1v) is 11.8. The Morgan fingerprint density at radius 2 is 1.66 bits per heavy atom. The van der Waals surface area contributed by atoms with Crippen LogP contribution in [0.25, 0.3) is 0 Å². The minimum Gasteiger partial charge on any atom is -0.497 e. The summed E-state index contributed by atoms with van der Waals surface area (Å²) in [6, 6.07) is 15.6. The third-order valence-corrected chi connectivity index (χ3v) is 7.82. The van der Waals surface area contributed by atoms with Crippen molar-refractivity contribution in [1.29, 1.82) is 0 Å². The Balaban J connectivity index is 1.92. The summed E-state index contributed by atoms with van der Waals surface area (Å²) in [5.41, 5.74) is 1.32. The first-order valence-electron chi connectivity index (χ1n) is 9.47. The molecule has 2 N–H and O–H groups in total. The van der Waals surface area contributed by atoms with Crippen LogP contribution >= 0.6 is 11.3 Å². The average Bonchev–Trinajstić information content (AvgIpc) is 3.16. The fourth-order valence-electron chi connectivity index (χ4n) is 2.93. The molecular weight excluding hydrogens is 452 g/mol. The van der Waals surface area contributed by atoms with Gasteiger partial charge in [0.25, 0.3) is 15.9 Å². The minimum absolute atomic E-state index is 0.0358. The van der Waals surface area contributed by atoms with Gasteiger partial charge in [0.2, 0.25) is 0 Å². The number of anilines is 1. The lowest BCUT2D eigenvalue weighted by Gasteiger charge is -2.07. The molecule has 32 heavy (non-hydrogen) atoms. The lowest BCUT2D eigenvalue weighted by atomic mass is 10.1. The third-order valence-electron chi connectivity index (χ3n) is 4.61. The van der Waals surface area contributed by atoms with Gasteiger partial charge in [-0.1, -0.05) is 30.3 Å². The monoisotopic (exact) mass is 474 g/mol. The van der Waals surface area contributed by atoms with Crippen molar-refractivity contribution in [2.24, 2.45) is 0 Å². The molecule has 0 saturated heterocycles. The smallest absolute Gasteiger partial charge is 0.340 e. The van der Waals surface area contributed by atoms with E-state index >= 15 is 0 Å². The molecule has 0 unspecified atom stereocenters. The van der Waals surface area contributed by atoms with E-state index in [1.807, 2.05) is 6.07 Å². The van der Waals surface area contributed by atoms with Crippen LogP contribution in [0, 0.1) is 6.92 Å². The Morgan fingerprint density at radius 1 is 1.00 bits per heavy atom. The van der Waals surface area contributed by atoms with Crippen molar-refractivity contribution in [3.63, 3.8) is 0 Å². The van der Waals surface area contributed by atoms with Gasteiger partial charge in [0.1, 0.15) is 5.75 Å². The molecular formula is C22H22N2O6S2. The second-order valence-corrected chi connectivity index (χ2v) is 9.69. The van der Waals surface area contributed by atoms with Gasteiger partial charge in [-0.2, -0.15) is 0 Å². The number of hydrogen-bond donors (Lipinski definition) is 2. The van der Waals surface area contributed by atoms with Crippen molar-refractivity contribution in [2.45, 2.75) is 17.7 Å². The van der Waals surface area contributed by atoms with Crippen LogP contribution in [0.15, 0.2) is 58.8 Å². The number of hydrogen-bond acceptors (Lipinski definition) is 7. The predicted molar refractivity (Wildman–Crippen MR) is 122 cm³/mol. The molecule has 0 aliphatic carbocycles. The summed E-state index contributed by atoms with van der Waals surface area (Å²) in [7, 11) is -1.40. The second kappa shape index (κ2) is 9.94. The third kappa shape index (κ3) is 5.16. The summed E-state index contributed by atoms with van der Waals surface area (Å²) in [5, 5.41) is 2.71. The lowest BCUT2D eigenvalue weighted by Crippen LogP contribution is -2.24. The van der Waals surface area contributed by atoms with E-state index in [1.165, 1.54) is 14.0 Å². The van der Waals surface area contributed by atoms with Crippen LogP contribution in [0.1, 0.15) is 31.2 Å². The van der Waals surface area contributed by atoms with E-state index in [0.717, 1.165) is 24.0 Å². The van der Waals surface area contributed by atoms with Crippen LogP contribution in [0.3, 0.4) is 0 Å². The van der Waals surface area contributed by atoms with Crippen LogP contribution in [0.2, 0.25) is 0 Å². The highest BCUT2D eigenvalue weighted by atomic mass is 32.2. The molecule has 1 aromatic heterocycles. The summed E-state index contributed by atoms with van der Waals surface area (Å²) in [6.45, 7) is 1.55. The Morgan fingerprint density at radius 3 is 2.25 bits per heavy atom. The van der Waals surface area contributed by atoms with E-state index in [0.29, 0.717) is 11.4 Å². The Hall–Kier alpha value is -3.21. The van der Waals surface area contributed by atoms with Crippen molar-refractivity contribution >= 4 is 38.9 Å². The number of ether oxygens (including phenoxy) is 2. The zero-order valence-electron chi connectivity index (χ0n) is 17.7. The molecule has 0 aliphatic rings.